The molecule has 2 N–H and O–H groups in total. The zero-order chi connectivity index (χ0) is 46.1. The smallest absolute Gasteiger partial charge is 0.907 e. The largest absolute Gasteiger partial charge is 1.00 e. The van der Waals surface area contributed by atoms with Gasteiger partial charge in [0.15, 0.2) is 0 Å². The summed E-state index contributed by atoms with van der Waals surface area (Å²) in [4.78, 5) is 0. The van der Waals surface area contributed by atoms with Crippen LogP contribution in [0.25, 0.3) is 0 Å². The van der Waals surface area contributed by atoms with E-state index in [4.69, 9.17) is 63.1 Å². The van der Waals surface area contributed by atoms with E-state index in [1.807, 2.05) is 118 Å². The Morgan fingerprint density at radius 2 is 0.517 bits per heavy atom. The van der Waals surface area contributed by atoms with Crippen molar-refractivity contribution in [2.24, 2.45) is 0 Å². The molecular formula is C30H75B6I6O13Rb5-2. The molecule has 0 aromatic rings. The third-order valence-electron chi connectivity index (χ3n) is 7.14. The molecule has 30 heteroatoms. The van der Waals surface area contributed by atoms with Crippen LogP contribution in [-0.4, -0.2) is 86.3 Å². The summed E-state index contributed by atoms with van der Waals surface area (Å²) in [6.45, 7) is 44.7. The Bertz CT molecular complexity index is 718. The Morgan fingerprint density at radius 1 is 0.433 bits per heavy atom. The molecule has 0 radical (unpaired) electrons. The van der Waals surface area contributed by atoms with Crippen LogP contribution in [0.15, 0.2) is 0 Å². The Kier molecular flexibility index (Phi) is 118. The first-order valence-electron chi connectivity index (χ1n) is 17.7. The molecule has 3 aliphatic rings. The van der Waals surface area contributed by atoms with E-state index < -0.39 is 35.6 Å². The molecule has 0 spiro atoms. The quantitative estimate of drug-likeness (QED) is 0.185. The Morgan fingerprint density at radius 3 is 0.583 bits per heavy atom. The van der Waals surface area contributed by atoms with Gasteiger partial charge in [-0.25, -0.2) is 0 Å². The molecule has 3 aliphatic heterocycles. The molecule has 0 aliphatic carbocycles. The molecule has 3 heterocycles. The predicted molar refractivity (Wildman–Crippen MR) is 256 cm³/mol. The first kappa shape index (κ1) is 109. The van der Waals surface area contributed by atoms with Crippen molar-refractivity contribution in [3.63, 3.8) is 0 Å². The second kappa shape index (κ2) is 64.8. The summed E-state index contributed by atoms with van der Waals surface area (Å²) in [6, 6.07) is 0. The Hall–Kier alpha value is 13.3. The normalized spacial score (nSPS) is 16.9. The van der Waals surface area contributed by atoms with Crippen molar-refractivity contribution in [3.8, 4) is 0 Å². The molecule has 0 bridgehead atoms. The van der Waals surface area contributed by atoms with Gasteiger partial charge in [-0.1, -0.05) is 62.8 Å². The van der Waals surface area contributed by atoms with Crippen LogP contribution in [0.2, 0.25) is 20.5 Å². The maximum atomic E-state index is 8.97. The third kappa shape index (κ3) is 63.8. The van der Waals surface area contributed by atoms with Crippen LogP contribution in [0, 0.1) is 0 Å². The van der Waals surface area contributed by atoms with Gasteiger partial charge in [0.2, 0.25) is 0 Å². The molecule has 0 aromatic heterocycles. The number of hydrogen-bond acceptors (Lipinski definition) is 13. The molecule has 13 nitrogen and oxygen atoms in total. The van der Waals surface area contributed by atoms with Crippen molar-refractivity contribution in [2.75, 3.05) is 0 Å². The molecular weight excluding hydrogens is 1820 g/mol. The van der Waals surface area contributed by atoms with Gasteiger partial charge in [0.05, 0.1) is 33.6 Å². The number of rotatable bonds is 1. The van der Waals surface area contributed by atoms with E-state index in [2.05, 4.69) is 102 Å². The van der Waals surface area contributed by atoms with Gasteiger partial charge in [0.25, 0.3) is 0 Å². The zero-order valence-electron chi connectivity index (χ0n) is 42.1. The monoisotopic (exact) mass is 1900 g/mol. The molecule has 340 valence electrons. The summed E-state index contributed by atoms with van der Waals surface area (Å²) in [5.41, 5.74) is -1.76. The van der Waals surface area contributed by atoms with Gasteiger partial charge >= 0.3 is 420 Å². The molecule has 3 rings (SSSR count). The average Bonchev–Trinajstić information content (AvgIpc) is 3.45. The SMILES string of the molecule is C.CB(O)O.CB([O-])[O-].CB1OC(C)(C)C(C)(C)O1.CC.CC.CC.CC.CC1(C)OB(B2OC(C)(C)C(C)(C)O2)OC1(C)C.I[I-]I.I[I-]I.[O-]B([O-])[O-].[Rb+].[Rb+].[Rb+].[Rb+].[Rb+]. The maximum absolute atomic E-state index is 8.97. The minimum Gasteiger partial charge on any atom is -0.907 e. The van der Waals surface area contributed by atoms with Gasteiger partial charge in [-0.2, -0.15) is 0 Å². The van der Waals surface area contributed by atoms with E-state index in [0.717, 1.165) is 6.82 Å². The fourth-order valence-electron chi connectivity index (χ4n) is 3.14. The second-order valence-corrected chi connectivity index (χ2v) is 45.2. The molecule has 0 amide bonds. The van der Waals surface area contributed by atoms with Crippen molar-refractivity contribution >= 4 is 117 Å². The zero-order valence-corrected chi connectivity index (χ0v) is 79.6. The summed E-state index contributed by atoms with van der Waals surface area (Å²) in [7, 11) is -6.77. The van der Waals surface area contributed by atoms with Crippen LogP contribution in [0.5, 0.6) is 0 Å². The van der Waals surface area contributed by atoms with Crippen LogP contribution in [0.1, 0.15) is 146 Å². The van der Waals surface area contributed by atoms with Gasteiger partial charge in [0.1, 0.15) is 0 Å². The van der Waals surface area contributed by atoms with E-state index in [0.29, 0.717) is 26.5 Å². The Balaban J connectivity index is -0.0000000365. The molecule has 0 unspecified atom stereocenters. The maximum Gasteiger partial charge on any atom is 1.00 e. The minimum atomic E-state index is -2.92. The summed E-state index contributed by atoms with van der Waals surface area (Å²) in [5, 5.41) is 58.4. The molecule has 3 saturated heterocycles. The van der Waals surface area contributed by atoms with E-state index in [1.54, 1.807) is 0 Å². The molecule has 0 atom stereocenters. The van der Waals surface area contributed by atoms with Crippen molar-refractivity contribution in [2.45, 2.75) is 200 Å². The minimum absolute atomic E-state index is 0. The summed E-state index contributed by atoms with van der Waals surface area (Å²) in [5.74, 6) is 0. The van der Waals surface area contributed by atoms with Crippen molar-refractivity contribution in [3.05, 3.63) is 0 Å². The number of halogens is 6. The van der Waals surface area contributed by atoms with Crippen LogP contribution < -0.4 is 343 Å². The molecule has 0 aromatic carbocycles. The van der Waals surface area contributed by atoms with Gasteiger partial charge in [-0.3, -0.25) is 7.32 Å². The molecule has 3 fully saturated rings. The fourth-order valence-corrected chi connectivity index (χ4v) is 3.14. The third-order valence-corrected chi connectivity index (χ3v) is 7.14. The average molecular weight is 1900 g/mol. The topological polar surface area (TPSA) is 211 Å². The second-order valence-electron chi connectivity index (χ2n) is 12.7. The summed E-state index contributed by atoms with van der Waals surface area (Å²) < 4.78 is 34.9. The van der Waals surface area contributed by atoms with E-state index in [1.165, 1.54) is 6.82 Å². The predicted octanol–water partition coefficient (Wildman–Crippen LogP) is -15.8. The van der Waals surface area contributed by atoms with Crippen molar-refractivity contribution < 1.29 is 381 Å². The van der Waals surface area contributed by atoms with Gasteiger partial charge in [-0.15, -0.1) is 13.9 Å². The van der Waals surface area contributed by atoms with Gasteiger partial charge in [-0.05, 0) is 96.7 Å². The van der Waals surface area contributed by atoms with E-state index >= 15 is 0 Å². The van der Waals surface area contributed by atoms with Crippen LogP contribution in [-0.2, 0) is 27.9 Å². The van der Waals surface area contributed by atoms with Crippen LogP contribution in [0.3, 0.4) is 0 Å². The summed E-state index contributed by atoms with van der Waals surface area (Å²) >= 11 is 10.6. The van der Waals surface area contributed by atoms with Crippen molar-refractivity contribution in [1.29, 1.82) is 0 Å². The summed E-state index contributed by atoms with van der Waals surface area (Å²) in [6.07, 6.45) is 0. The number of hydrogen-bond donors (Lipinski definition) is 2. The van der Waals surface area contributed by atoms with Crippen LogP contribution in [0.4, 0.5) is 0 Å². The van der Waals surface area contributed by atoms with E-state index in [-0.39, 0.29) is 339 Å². The van der Waals surface area contributed by atoms with Crippen molar-refractivity contribution in [1.82, 2.24) is 0 Å². The van der Waals surface area contributed by atoms with E-state index in [9.17, 15) is 0 Å². The van der Waals surface area contributed by atoms with Crippen LogP contribution >= 0.6 is 74.5 Å². The Labute approximate surface area is 677 Å². The first-order valence-corrected chi connectivity index (χ1v) is 42.9. The standard InChI is InChI=1S/C12H24B2O4.C7H15BO2.4C2H6.CH5BO2.CH3BO2.CH4.BO3.2I3.5Rb/c1-9(2)10(3,4)16-13(15-9)14-17-11(5,6)12(7,8)18-14;1-6(2)7(3,4)10-8(5)9-6;4*1-2;2*1-2(3)4;;2-1(3)4;2*1-3-2;;;;;/h1-8H3;1-5H3;4*1-2H3;3-4H,1H3;1H3;1H4;;;;;;;;/q;;;;;;;-2;;-3;2*-1;5*+1. The van der Waals surface area contributed by atoms with Gasteiger partial charge in [0, 0.05) is 0 Å². The fraction of sp³-hybridized carbons (Fsp3) is 1.00. The molecule has 60 heavy (non-hydrogen) atoms. The molecule has 0 saturated carbocycles. The first-order chi connectivity index (χ1) is 24.3. The van der Waals surface area contributed by atoms with Gasteiger partial charge < -0.3 is 63.1 Å².